The van der Waals surface area contributed by atoms with Crippen LogP contribution in [0.2, 0.25) is 0 Å². The Morgan fingerprint density at radius 2 is 2.00 bits per heavy atom. The van der Waals surface area contributed by atoms with E-state index >= 15 is 0 Å². The first-order valence-corrected chi connectivity index (χ1v) is 12.9. The van der Waals surface area contributed by atoms with E-state index in [1.807, 2.05) is 53.6 Å². The molecule has 10 nitrogen and oxygen atoms in total. The zero-order chi connectivity index (χ0) is 23.8. The second-order valence-corrected chi connectivity index (χ2v) is 10.5. The molecule has 1 atom stereocenters. The molecule has 1 saturated heterocycles. The van der Waals surface area contributed by atoms with Crippen molar-refractivity contribution in [2.24, 2.45) is 0 Å². The number of rotatable bonds is 8. The summed E-state index contributed by atoms with van der Waals surface area (Å²) in [5, 5.41) is 9.82. The molecule has 1 aliphatic heterocycles. The Bertz CT molecular complexity index is 1220. The van der Waals surface area contributed by atoms with Crippen LogP contribution in [0.15, 0.2) is 34.7 Å². The van der Waals surface area contributed by atoms with Gasteiger partial charge in [0, 0.05) is 44.7 Å². The molecule has 11 heteroatoms. The first-order chi connectivity index (χ1) is 15.7. The molecule has 0 bridgehead atoms. The van der Waals surface area contributed by atoms with Crippen LogP contribution in [-0.4, -0.2) is 83.8 Å². The van der Waals surface area contributed by atoms with Crippen molar-refractivity contribution >= 4 is 32.8 Å². The Labute approximate surface area is 193 Å². The fraction of sp³-hybridized carbons (Fsp3) is 0.500. The SMILES string of the molecule is CCN(CCCn1c(-c2cc3ccccc3o2)nnc1N1CC(=O)N(C)CC1C)S(C)(=O)=O. The van der Waals surface area contributed by atoms with Gasteiger partial charge in [-0.05, 0) is 25.5 Å². The molecule has 0 aliphatic carbocycles. The van der Waals surface area contributed by atoms with Crippen LogP contribution >= 0.6 is 0 Å². The highest BCUT2D eigenvalue weighted by atomic mass is 32.2. The molecule has 0 spiro atoms. The topological polar surface area (TPSA) is 105 Å². The van der Waals surface area contributed by atoms with E-state index in [0.29, 0.717) is 50.1 Å². The summed E-state index contributed by atoms with van der Waals surface area (Å²) in [5.74, 6) is 1.74. The van der Waals surface area contributed by atoms with Gasteiger partial charge >= 0.3 is 0 Å². The van der Waals surface area contributed by atoms with Crippen molar-refractivity contribution in [3.05, 3.63) is 30.3 Å². The minimum absolute atomic E-state index is 0.0159. The van der Waals surface area contributed by atoms with Crippen LogP contribution in [0.1, 0.15) is 20.3 Å². The van der Waals surface area contributed by atoms with E-state index in [1.165, 1.54) is 10.6 Å². The molecule has 1 aliphatic rings. The number of carbonyl (C=O) groups excluding carboxylic acids is 1. The van der Waals surface area contributed by atoms with Gasteiger partial charge in [-0.1, -0.05) is 25.1 Å². The maximum absolute atomic E-state index is 12.4. The summed E-state index contributed by atoms with van der Waals surface area (Å²) in [4.78, 5) is 16.1. The van der Waals surface area contributed by atoms with E-state index in [9.17, 15) is 13.2 Å². The summed E-state index contributed by atoms with van der Waals surface area (Å²) in [6.07, 6.45) is 1.79. The van der Waals surface area contributed by atoms with Crippen molar-refractivity contribution < 1.29 is 17.6 Å². The molecule has 0 saturated carbocycles. The summed E-state index contributed by atoms with van der Waals surface area (Å²) >= 11 is 0. The quantitative estimate of drug-likeness (QED) is 0.492. The minimum atomic E-state index is -3.27. The number of piperazine rings is 1. The number of aromatic nitrogens is 3. The van der Waals surface area contributed by atoms with Crippen LogP contribution in [0, 0.1) is 0 Å². The number of sulfonamides is 1. The first kappa shape index (κ1) is 23.2. The van der Waals surface area contributed by atoms with Crippen LogP contribution < -0.4 is 4.90 Å². The number of benzene rings is 1. The minimum Gasteiger partial charge on any atom is -0.453 e. The Balaban J connectivity index is 1.69. The fourth-order valence-electron chi connectivity index (χ4n) is 4.24. The molecule has 0 radical (unpaired) electrons. The summed E-state index contributed by atoms with van der Waals surface area (Å²) in [6, 6.07) is 9.70. The highest BCUT2D eigenvalue weighted by Gasteiger charge is 2.32. The van der Waals surface area contributed by atoms with Crippen LogP contribution in [-0.2, 0) is 21.4 Å². The van der Waals surface area contributed by atoms with E-state index in [-0.39, 0.29) is 18.5 Å². The number of carbonyl (C=O) groups is 1. The third-order valence-corrected chi connectivity index (χ3v) is 7.43. The van der Waals surface area contributed by atoms with Gasteiger partial charge in [-0.3, -0.25) is 9.36 Å². The largest absolute Gasteiger partial charge is 0.453 e. The van der Waals surface area contributed by atoms with Gasteiger partial charge < -0.3 is 14.2 Å². The average molecular weight is 475 g/mol. The molecule has 3 aromatic rings. The maximum Gasteiger partial charge on any atom is 0.242 e. The summed E-state index contributed by atoms with van der Waals surface area (Å²) in [5.41, 5.74) is 0.751. The summed E-state index contributed by atoms with van der Waals surface area (Å²) in [6.45, 7) is 5.93. The number of fused-ring (bicyclic) bond motifs is 1. The number of likely N-dealkylation sites (N-methyl/N-ethyl adjacent to an activating group) is 1. The Kier molecular flexibility index (Phi) is 6.44. The van der Waals surface area contributed by atoms with Crippen molar-refractivity contribution in [3.63, 3.8) is 0 Å². The lowest BCUT2D eigenvalue weighted by molar-refractivity contribution is -0.130. The lowest BCUT2D eigenvalue weighted by atomic mass is 10.2. The summed E-state index contributed by atoms with van der Waals surface area (Å²) in [7, 11) is -1.48. The number of hydrogen-bond donors (Lipinski definition) is 0. The zero-order valence-corrected chi connectivity index (χ0v) is 20.2. The van der Waals surface area contributed by atoms with Crippen molar-refractivity contribution in [1.82, 2.24) is 24.0 Å². The molecule has 4 rings (SSSR count). The maximum atomic E-state index is 12.4. The smallest absolute Gasteiger partial charge is 0.242 e. The highest BCUT2D eigenvalue weighted by Crippen LogP contribution is 2.30. The Morgan fingerprint density at radius 3 is 2.70 bits per heavy atom. The molecule has 33 heavy (non-hydrogen) atoms. The van der Waals surface area contributed by atoms with E-state index in [2.05, 4.69) is 10.2 Å². The molecule has 0 N–H and O–H groups in total. The highest BCUT2D eigenvalue weighted by molar-refractivity contribution is 7.88. The molecule has 2 aromatic heterocycles. The third-order valence-electron chi connectivity index (χ3n) is 6.05. The number of hydrogen-bond acceptors (Lipinski definition) is 7. The molecule has 3 heterocycles. The van der Waals surface area contributed by atoms with Gasteiger partial charge in [0.15, 0.2) is 5.76 Å². The third kappa shape index (κ3) is 4.74. The normalized spacial score (nSPS) is 17.5. The van der Waals surface area contributed by atoms with E-state index in [0.717, 1.165) is 11.0 Å². The zero-order valence-electron chi connectivity index (χ0n) is 19.4. The first-order valence-electron chi connectivity index (χ1n) is 11.1. The lowest BCUT2D eigenvalue weighted by Gasteiger charge is -2.38. The van der Waals surface area contributed by atoms with Gasteiger partial charge in [-0.15, -0.1) is 10.2 Å². The van der Waals surface area contributed by atoms with E-state index in [4.69, 9.17) is 4.42 Å². The number of furan rings is 1. The van der Waals surface area contributed by atoms with Crippen LogP contribution in [0.4, 0.5) is 5.95 Å². The molecular formula is C22H30N6O4S. The number of amides is 1. The molecule has 1 amide bonds. The van der Waals surface area contributed by atoms with Gasteiger partial charge in [0.1, 0.15) is 12.1 Å². The molecule has 1 unspecified atom stereocenters. The predicted octanol–water partition coefficient (Wildman–Crippen LogP) is 2.03. The van der Waals surface area contributed by atoms with E-state index in [1.54, 1.807) is 11.9 Å². The second-order valence-electron chi connectivity index (χ2n) is 8.48. The predicted molar refractivity (Wildman–Crippen MR) is 126 cm³/mol. The van der Waals surface area contributed by atoms with Crippen LogP contribution in [0.5, 0.6) is 0 Å². The van der Waals surface area contributed by atoms with Crippen molar-refractivity contribution in [2.45, 2.75) is 32.9 Å². The van der Waals surface area contributed by atoms with Gasteiger partial charge in [-0.25, -0.2) is 12.7 Å². The van der Waals surface area contributed by atoms with Crippen molar-refractivity contribution in [3.8, 4) is 11.6 Å². The molecule has 178 valence electrons. The molecule has 1 fully saturated rings. The van der Waals surface area contributed by atoms with Crippen LogP contribution in [0.3, 0.4) is 0 Å². The standard InChI is InChI=1S/C22H30N6O4S/c1-5-26(33(4,30)31)11-8-12-27-21(19-13-17-9-6-7-10-18(17)32-19)23-24-22(27)28-15-20(29)25(3)14-16(28)2/h6-7,9-10,13,16H,5,8,11-12,14-15H2,1-4H3. The lowest BCUT2D eigenvalue weighted by Crippen LogP contribution is -2.54. The number of nitrogens with zero attached hydrogens (tertiary/aromatic N) is 6. The average Bonchev–Trinajstić information content (AvgIpc) is 3.36. The summed E-state index contributed by atoms with van der Waals surface area (Å²) < 4.78 is 33.4. The second kappa shape index (κ2) is 9.14. The monoisotopic (exact) mass is 474 g/mol. The van der Waals surface area contributed by atoms with Crippen molar-refractivity contribution in [2.75, 3.05) is 44.4 Å². The van der Waals surface area contributed by atoms with E-state index < -0.39 is 10.0 Å². The Hall–Kier alpha value is -2.92. The Morgan fingerprint density at radius 1 is 1.24 bits per heavy atom. The number of anilines is 1. The molecule has 1 aromatic carbocycles. The fourth-order valence-corrected chi connectivity index (χ4v) is 5.17. The van der Waals surface area contributed by atoms with Crippen LogP contribution in [0.25, 0.3) is 22.6 Å². The van der Waals surface area contributed by atoms with Gasteiger partial charge in [0.25, 0.3) is 0 Å². The van der Waals surface area contributed by atoms with Crippen molar-refractivity contribution in [1.29, 1.82) is 0 Å². The van der Waals surface area contributed by atoms with Gasteiger partial charge in [0.2, 0.25) is 27.7 Å². The van der Waals surface area contributed by atoms with Gasteiger partial charge in [-0.2, -0.15) is 0 Å². The number of para-hydroxylation sites is 1. The van der Waals surface area contributed by atoms with Gasteiger partial charge in [0.05, 0.1) is 6.26 Å². The molecular weight excluding hydrogens is 444 g/mol.